The van der Waals surface area contributed by atoms with Crippen LogP contribution >= 0.6 is 0 Å². The number of primary amides is 1. The second-order valence-electron chi connectivity index (χ2n) is 2.94. The average Bonchev–Trinajstić information content (AvgIpc) is 1.83. The molecule has 0 rings (SSSR count). The van der Waals surface area contributed by atoms with Crippen molar-refractivity contribution in [3.63, 3.8) is 0 Å². The standard InChI is InChI=1S/C6H9F3N2O2/c1-5(2,3(10)12)11-4(13)6(7,8)9/h1-2H3,(H2,10,12)(H,11,13). The van der Waals surface area contributed by atoms with Crippen molar-refractivity contribution in [1.82, 2.24) is 5.32 Å². The van der Waals surface area contributed by atoms with E-state index in [2.05, 4.69) is 0 Å². The molecule has 0 aliphatic rings. The molecule has 0 radical (unpaired) electrons. The maximum atomic E-state index is 11.7. The molecular formula is C6H9F3N2O2. The van der Waals surface area contributed by atoms with Crippen LogP contribution in [0.15, 0.2) is 0 Å². The van der Waals surface area contributed by atoms with Crippen molar-refractivity contribution >= 4 is 11.8 Å². The largest absolute Gasteiger partial charge is 0.471 e. The summed E-state index contributed by atoms with van der Waals surface area (Å²) in [6.45, 7) is 2.16. The van der Waals surface area contributed by atoms with E-state index in [-0.39, 0.29) is 0 Å². The molecule has 0 fully saturated rings. The molecule has 4 nitrogen and oxygen atoms in total. The van der Waals surface area contributed by atoms with Gasteiger partial charge in [0.15, 0.2) is 0 Å². The van der Waals surface area contributed by atoms with Gasteiger partial charge in [-0.25, -0.2) is 0 Å². The number of hydrogen-bond donors (Lipinski definition) is 2. The van der Waals surface area contributed by atoms with Crippen LogP contribution < -0.4 is 11.1 Å². The zero-order valence-electron chi connectivity index (χ0n) is 7.03. The average molecular weight is 198 g/mol. The van der Waals surface area contributed by atoms with E-state index in [9.17, 15) is 22.8 Å². The van der Waals surface area contributed by atoms with Gasteiger partial charge in [-0.2, -0.15) is 13.2 Å². The van der Waals surface area contributed by atoms with E-state index in [1.165, 1.54) is 5.32 Å². The van der Waals surface area contributed by atoms with Crippen LogP contribution in [0, 0.1) is 0 Å². The molecule has 0 saturated carbocycles. The topological polar surface area (TPSA) is 72.2 Å². The predicted octanol–water partition coefficient (Wildman–Crippen LogP) is -0.0712. The number of nitrogens with one attached hydrogen (secondary N) is 1. The van der Waals surface area contributed by atoms with Crippen LogP contribution in [0.25, 0.3) is 0 Å². The Labute approximate surface area is 72.3 Å². The fraction of sp³-hybridized carbons (Fsp3) is 0.667. The summed E-state index contributed by atoms with van der Waals surface area (Å²) in [6, 6.07) is 0. The lowest BCUT2D eigenvalue weighted by Gasteiger charge is -2.22. The van der Waals surface area contributed by atoms with Crippen molar-refractivity contribution < 1.29 is 22.8 Å². The lowest BCUT2D eigenvalue weighted by Crippen LogP contribution is -2.56. The number of carbonyl (C=O) groups is 2. The van der Waals surface area contributed by atoms with Gasteiger partial charge >= 0.3 is 12.1 Å². The van der Waals surface area contributed by atoms with E-state index in [0.29, 0.717) is 0 Å². The highest BCUT2D eigenvalue weighted by Crippen LogP contribution is 2.16. The molecule has 0 aromatic carbocycles. The number of carbonyl (C=O) groups excluding carboxylic acids is 2. The van der Waals surface area contributed by atoms with Crippen LogP contribution in [0.5, 0.6) is 0 Å². The summed E-state index contributed by atoms with van der Waals surface area (Å²) in [6.07, 6.45) is -5.01. The second kappa shape index (κ2) is 3.23. The monoisotopic (exact) mass is 198 g/mol. The fourth-order valence-corrected chi connectivity index (χ4v) is 0.416. The van der Waals surface area contributed by atoms with Crippen molar-refractivity contribution in [2.45, 2.75) is 25.6 Å². The van der Waals surface area contributed by atoms with Crippen molar-refractivity contribution in [2.75, 3.05) is 0 Å². The summed E-state index contributed by atoms with van der Waals surface area (Å²) < 4.78 is 35.0. The normalized spacial score (nSPS) is 12.4. The maximum absolute atomic E-state index is 11.7. The number of amides is 2. The molecule has 0 heterocycles. The maximum Gasteiger partial charge on any atom is 0.471 e. The Morgan fingerprint density at radius 1 is 1.23 bits per heavy atom. The zero-order chi connectivity index (χ0) is 10.9. The molecule has 0 bridgehead atoms. The summed E-state index contributed by atoms with van der Waals surface area (Å²) in [5.74, 6) is -3.22. The predicted molar refractivity (Wildman–Crippen MR) is 37.5 cm³/mol. The molecule has 7 heteroatoms. The molecule has 0 atom stereocenters. The lowest BCUT2D eigenvalue weighted by atomic mass is 10.1. The third-order valence-corrected chi connectivity index (χ3v) is 1.30. The van der Waals surface area contributed by atoms with Gasteiger partial charge in [0, 0.05) is 0 Å². The van der Waals surface area contributed by atoms with Crippen molar-refractivity contribution in [2.24, 2.45) is 5.73 Å². The Bertz CT molecular complexity index is 235. The van der Waals surface area contributed by atoms with E-state index < -0.39 is 23.5 Å². The molecule has 13 heavy (non-hydrogen) atoms. The summed E-state index contributed by atoms with van der Waals surface area (Å²) in [7, 11) is 0. The first-order valence-electron chi connectivity index (χ1n) is 3.26. The molecule has 0 aromatic heterocycles. The molecule has 3 N–H and O–H groups in total. The van der Waals surface area contributed by atoms with Crippen molar-refractivity contribution in [1.29, 1.82) is 0 Å². The van der Waals surface area contributed by atoms with Gasteiger partial charge in [-0.05, 0) is 13.8 Å². The van der Waals surface area contributed by atoms with Crippen LogP contribution in [0.4, 0.5) is 13.2 Å². The summed E-state index contributed by atoms with van der Waals surface area (Å²) >= 11 is 0. The lowest BCUT2D eigenvalue weighted by molar-refractivity contribution is -0.175. The van der Waals surface area contributed by atoms with E-state index in [0.717, 1.165) is 13.8 Å². The Kier molecular flexibility index (Phi) is 2.92. The van der Waals surface area contributed by atoms with Crippen molar-refractivity contribution in [3.05, 3.63) is 0 Å². The number of hydrogen-bond acceptors (Lipinski definition) is 2. The molecule has 76 valence electrons. The summed E-state index contributed by atoms with van der Waals surface area (Å²) in [4.78, 5) is 20.9. The molecule has 0 saturated heterocycles. The van der Waals surface area contributed by atoms with E-state index in [4.69, 9.17) is 5.73 Å². The van der Waals surface area contributed by atoms with Crippen LogP contribution in [-0.4, -0.2) is 23.5 Å². The number of rotatable bonds is 2. The van der Waals surface area contributed by atoms with Gasteiger partial charge in [0.1, 0.15) is 5.54 Å². The Hall–Kier alpha value is -1.27. The Morgan fingerprint density at radius 3 is 1.85 bits per heavy atom. The molecule has 0 spiro atoms. The van der Waals surface area contributed by atoms with Crippen LogP contribution in [-0.2, 0) is 9.59 Å². The molecular weight excluding hydrogens is 189 g/mol. The molecule has 2 amide bonds. The van der Waals surface area contributed by atoms with Crippen LogP contribution in [0.3, 0.4) is 0 Å². The van der Waals surface area contributed by atoms with Gasteiger partial charge in [-0.15, -0.1) is 0 Å². The van der Waals surface area contributed by atoms with Crippen LogP contribution in [0.2, 0.25) is 0 Å². The highest BCUT2D eigenvalue weighted by molar-refractivity contribution is 5.91. The zero-order valence-corrected chi connectivity index (χ0v) is 7.03. The first-order chi connectivity index (χ1) is 5.57. The van der Waals surface area contributed by atoms with Gasteiger partial charge in [-0.3, -0.25) is 9.59 Å². The minimum absolute atomic E-state index is 1.04. The molecule has 0 aromatic rings. The molecule has 0 aliphatic carbocycles. The first kappa shape index (κ1) is 11.7. The van der Waals surface area contributed by atoms with Gasteiger partial charge in [0.05, 0.1) is 0 Å². The number of nitrogens with two attached hydrogens (primary N) is 1. The SMILES string of the molecule is CC(C)(NC(=O)C(F)(F)F)C(N)=O. The van der Waals surface area contributed by atoms with Gasteiger partial charge < -0.3 is 11.1 Å². The third-order valence-electron chi connectivity index (χ3n) is 1.30. The minimum Gasteiger partial charge on any atom is -0.368 e. The van der Waals surface area contributed by atoms with Gasteiger partial charge in [0.25, 0.3) is 0 Å². The first-order valence-corrected chi connectivity index (χ1v) is 3.26. The van der Waals surface area contributed by atoms with E-state index in [1.807, 2.05) is 0 Å². The molecule has 0 aliphatic heterocycles. The molecule has 0 unspecified atom stereocenters. The Balaban J connectivity index is 4.47. The number of halogens is 3. The smallest absolute Gasteiger partial charge is 0.368 e. The Morgan fingerprint density at radius 2 is 1.62 bits per heavy atom. The highest BCUT2D eigenvalue weighted by atomic mass is 19.4. The minimum atomic E-state index is -5.01. The van der Waals surface area contributed by atoms with Gasteiger partial charge in [-0.1, -0.05) is 0 Å². The highest BCUT2D eigenvalue weighted by Gasteiger charge is 2.42. The quantitative estimate of drug-likeness (QED) is 0.651. The fourth-order valence-electron chi connectivity index (χ4n) is 0.416. The van der Waals surface area contributed by atoms with Crippen molar-refractivity contribution in [3.8, 4) is 0 Å². The third kappa shape index (κ3) is 3.30. The second-order valence-corrected chi connectivity index (χ2v) is 2.94. The summed E-state index contributed by atoms with van der Waals surface area (Å²) in [5.41, 5.74) is 3.04. The van der Waals surface area contributed by atoms with Gasteiger partial charge in [0.2, 0.25) is 5.91 Å². The van der Waals surface area contributed by atoms with E-state index >= 15 is 0 Å². The summed E-state index contributed by atoms with van der Waals surface area (Å²) in [5, 5.41) is 1.46. The van der Waals surface area contributed by atoms with Crippen LogP contribution in [0.1, 0.15) is 13.8 Å². The number of alkyl halides is 3. The van der Waals surface area contributed by atoms with E-state index in [1.54, 1.807) is 0 Å².